The summed E-state index contributed by atoms with van der Waals surface area (Å²) in [6.07, 6.45) is 31.8. The fourth-order valence-corrected chi connectivity index (χ4v) is 5.28. The largest absolute Gasteiger partial charge is 0.466 e. The van der Waals surface area contributed by atoms with E-state index < -0.39 is 0 Å². The summed E-state index contributed by atoms with van der Waals surface area (Å²) in [5.41, 5.74) is 1.07. The van der Waals surface area contributed by atoms with E-state index in [9.17, 15) is 9.59 Å². The number of carbonyl (C=O) groups excluding carboxylic acids is 2. The van der Waals surface area contributed by atoms with Crippen molar-refractivity contribution in [2.24, 2.45) is 0 Å². The normalized spacial score (nSPS) is 11.9. The van der Waals surface area contributed by atoms with Crippen LogP contribution in [0.1, 0.15) is 181 Å². The summed E-state index contributed by atoms with van der Waals surface area (Å²) in [4.78, 5) is 25.1. The van der Waals surface area contributed by atoms with E-state index in [2.05, 4.69) is 13.8 Å². The molecule has 0 aromatic rings. The molecule has 4 nitrogen and oxygen atoms in total. The van der Waals surface area contributed by atoms with Gasteiger partial charge in [0.1, 0.15) is 0 Å². The average Bonchev–Trinajstić information content (AvgIpc) is 2.93. The Balaban J connectivity index is 4.27. The van der Waals surface area contributed by atoms with Gasteiger partial charge in [-0.3, -0.25) is 0 Å². The van der Waals surface area contributed by atoms with E-state index in [1.807, 2.05) is 0 Å². The maximum absolute atomic E-state index is 12.5. The van der Waals surface area contributed by atoms with E-state index in [1.165, 1.54) is 143 Å². The van der Waals surface area contributed by atoms with Crippen LogP contribution >= 0.6 is 0 Å². The fraction of sp³-hybridized carbons (Fsp3) is 0.882. The predicted molar refractivity (Wildman–Crippen MR) is 162 cm³/mol. The second kappa shape index (κ2) is 28.7. The molecular formula is C34H64O4. The highest BCUT2D eigenvalue weighted by atomic mass is 16.5. The Morgan fingerprint density at radius 3 is 0.789 bits per heavy atom. The van der Waals surface area contributed by atoms with Crippen LogP contribution < -0.4 is 0 Å². The molecule has 0 aliphatic carbocycles. The predicted octanol–water partition coefficient (Wildman–Crippen LogP) is 10.8. The average molecular weight is 537 g/mol. The molecule has 0 rings (SSSR count). The van der Waals surface area contributed by atoms with Crippen molar-refractivity contribution in [3.63, 3.8) is 0 Å². The number of hydrogen-bond donors (Lipinski definition) is 0. The highest BCUT2D eigenvalue weighted by molar-refractivity contribution is 6.00. The zero-order valence-corrected chi connectivity index (χ0v) is 26.0. The standard InChI is InChI=1S/C34H64O4/c1-5-7-9-11-13-15-17-19-21-23-25-27-29-31(33(35)37-3)32(34(36)38-4)30-28-26-24-22-20-18-16-14-12-10-8-6-2/h5-30H2,1-4H3. The minimum absolute atomic E-state index is 0.368. The van der Waals surface area contributed by atoms with Crippen molar-refractivity contribution in [1.29, 1.82) is 0 Å². The number of rotatable bonds is 28. The van der Waals surface area contributed by atoms with Gasteiger partial charge in [0.05, 0.1) is 14.2 Å². The van der Waals surface area contributed by atoms with Gasteiger partial charge in [-0.05, 0) is 25.7 Å². The van der Waals surface area contributed by atoms with Crippen LogP contribution in [0.25, 0.3) is 0 Å². The van der Waals surface area contributed by atoms with Crippen LogP contribution in [0.2, 0.25) is 0 Å². The summed E-state index contributed by atoms with van der Waals surface area (Å²) >= 11 is 0. The van der Waals surface area contributed by atoms with E-state index >= 15 is 0 Å². The topological polar surface area (TPSA) is 52.6 Å². The first-order valence-corrected chi connectivity index (χ1v) is 16.5. The van der Waals surface area contributed by atoms with Gasteiger partial charge in [-0.25, -0.2) is 9.59 Å². The minimum Gasteiger partial charge on any atom is -0.466 e. The van der Waals surface area contributed by atoms with Gasteiger partial charge >= 0.3 is 11.9 Å². The molecule has 0 N–H and O–H groups in total. The van der Waals surface area contributed by atoms with Crippen molar-refractivity contribution < 1.29 is 19.1 Å². The van der Waals surface area contributed by atoms with Gasteiger partial charge < -0.3 is 9.47 Å². The van der Waals surface area contributed by atoms with Crippen LogP contribution in [-0.2, 0) is 19.1 Å². The molecule has 0 fully saturated rings. The second-order valence-electron chi connectivity index (χ2n) is 11.2. The molecule has 0 aromatic heterocycles. The van der Waals surface area contributed by atoms with Crippen molar-refractivity contribution in [1.82, 2.24) is 0 Å². The van der Waals surface area contributed by atoms with E-state index in [4.69, 9.17) is 9.47 Å². The third-order valence-electron chi connectivity index (χ3n) is 7.79. The van der Waals surface area contributed by atoms with Crippen molar-refractivity contribution >= 4 is 11.9 Å². The molecule has 0 amide bonds. The monoisotopic (exact) mass is 536 g/mol. The van der Waals surface area contributed by atoms with Crippen LogP contribution in [0, 0.1) is 0 Å². The summed E-state index contributed by atoms with van der Waals surface area (Å²) in [6, 6.07) is 0. The quantitative estimate of drug-likeness (QED) is 0.0567. The number of unbranched alkanes of at least 4 members (excludes halogenated alkanes) is 22. The lowest BCUT2D eigenvalue weighted by Gasteiger charge is -2.13. The maximum atomic E-state index is 12.5. The van der Waals surface area contributed by atoms with E-state index in [0.29, 0.717) is 24.0 Å². The van der Waals surface area contributed by atoms with Gasteiger partial charge in [0, 0.05) is 11.1 Å². The molecule has 0 aromatic carbocycles. The molecule has 4 heteroatoms. The van der Waals surface area contributed by atoms with E-state index in [1.54, 1.807) is 0 Å². The highest BCUT2D eigenvalue weighted by Gasteiger charge is 2.21. The molecule has 0 radical (unpaired) electrons. The van der Waals surface area contributed by atoms with Crippen molar-refractivity contribution in [2.75, 3.05) is 14.2 Å². The third-order valence-corrected chi connectivity index (χ3v) is 7.79. The van der Waals surface area contributed by atoms with Gasteiger partial charge in [0.2, 0.25) is 0 Å². The Morgan fingerprint density at radius 1 is 0.368 bits per heavy atom. The molecule has 0 atom stereocenters. The van der Waals surface area contributed by atoms with Gasteiger partial charge in [-0.15, -0.1) is 0 Å². The molecule has 0 unspecified atom stereocenters. The van der Waals surface area contributed by atoms with Gasteiger partial charge in [0.15, 0.2) is 0 Å². The fourth-order valence-electron chi connectivity index (χ4n) is 5.28. The summed E-state index contributed by atoms with van der Waals surface area (Å²) in [5, 5.41) is 0. The van der Waals surface area contributed by atoms with Crippen molar-refractivity contribution in [3.05, 3.63) is 11.1 Å². The van der Waals surface area contributed by atoms with Gasteiger partial charge in [-0.2, -0.15) is 0 Å². The Labute approximate surface area is 237 Å². The molecule has 0 saturated carbocycles. The first-order valence-electron chi connectivity index (χ1n) is 16.5. The molecule has 0 aliphatic rings. The number of ether oxygens (including phenoxy) is 2. The van der Waals surface area contributed by atoms with E-state index in [-0.39, 0.29) is 11.9 Å². The molecule has 0 saturated heterocycles. The SMILES string of the molecule is CCCCCCCCCCCCCCC(C(=O)OC)=C(CCCCCCCCCCCCCC)C(=O)OC. The van der Waals surface area contributed by atoms with Crippen LogP contribution in [0.4, 0.5) is 0 Å². The molecule has 0 aliphatic heterocycles. The first-order chi connectivity index (χ1) is 18.6. The Bertz CT molecular complexity index is 531. The zero-order valence-electron chi connectivity index (χ0n) is 26.0. The third kappa shape index (κ3) is 21.6. The van der Waals surface area contributed by atoms with Crippen LogP contribution in [0.3, 0.4) is 0 Å². The number of carbonyl (C=O) groups is 2. The molecule has 0 bridgehead atoms. The highest BCUT2D eigenvalue weighted by Crippen LogP contribution is 2.23. The second-order valence-corrected chi connectivity index (χ2v) is 11.2. The molecule has 38 heavy (non-hydrogen) atoms. The van der Waals surface area contributed by atoms with Crippen LogP contribution in [0.15, 0.2) is 11.1 Å². The first kappa shape index (κ1) is 36.7. The molecule has 224 valence electrons. The zero-order chi connectivity index (χ0) is 28.1. The minimum atomic E-state index is -0.368. The number of hydrogen-bond acceptors (Lipinski definition) is 4. The number of esters is 2. The molecule has 0 heterocycles. The van der Waals surface area contributed by atoms with Gasteiger partial charge in [-0.1, -0.05) is 155 Å². The lowest BCUT2D eigenvalue weighted by atomic mass is 9.96. The Hall–Kier alpha value is -1.32. The Morgan fingerprint density at radius 2 is 0.579 bits per heavy atom. The van der Waals surface area contributed by atoms with Crippen molar-refractivity contribution in [3.8, 4) is 0 Å². The lowest BCUT2D eigenvalue weighted by molar-refractivity contribution is -0.139. The van der Waals surface area contributed by atoms with Crippen LogP contribution in [-0.4, -0.2) is 26.2 Å². The van der Waals surface area contributed by atoms with Crippen LogP contribution in [0.5, 0.6) is 0 Å². The summed E-state index contributed by atoms with van der Waals surface area (Å²) in [6.45, 7) is 4.53. The van der Waals surface area contributed by atoms with E-state index in [0.717, 1.165) is 25.7 Å². The molecular weight excluding hydrogens is 472 g/mol. The lowest BCUT2D eigenvalue weighted by Crippen LogP contribution is -2.15. The Kier molecular flexibility index (Phi) is 27.7. The van der Waals surface area contributed by atoms with Crippen molar-refractivity contribution in [2.45, 2.75) is 181 Å². The molecule has 0 spiro atoms. The van der Waals surface area contributed by atoms with Gasteiger partial charge in [0.25, 0.3) is 0 Å². The number of methoxy groups -OCH3 is 2. The summed E-state index contributed by atoms with van der Waals surface area (Å²) < 4.78 is 10.1. The smallest absolute Gasteiger partial charge is 0.334 e. The summed E-state index contributed by atoms with van der Waals surface area (Å²) in [7, 11) is 2.81. The summed E-state index contributed by atoms with van der Waals surface area (Å²) in [5.74, 6) is -0.736. The maximum Gasteiger partial charge on any atom is 0.334 e.